The Hall–Kier alpha value is -0.0862. The zero-order chi connectivity index (χ0) is 20.1. The molecule has 26 heavy (non-hydrogen) atoms. The van der Waals surface area contributed by atoms with Crippen molar-refractivity contribution in [3.8, 4) is 0 Å². The molecule has 0 atom stereocenters. The molecule has 0 saturated heterocycles. The number of rotatable bonds is 15. The fourth-order valence-corrected chi connectivity index (χ4v) is 14.1. The van der Waals surface area contributed by atoms with E-state index in [1.165, 1.54) is 74.8 Å². The molecule has 2 heteroatoms. The molecule has 0 aliphatic rings. The van der Waals surface area contributed by atoms with Crippen molar-refractivity contribution in [2.24, 2.45) is 0 Å². The Balaban J connectivity index is 6.40. The molecule has 0 aliphatic heterocycles. The minimum absolute atomic E-state index is 1.30. The van der Waals surface area contributed by atoms with Crippen LogP contribution >= 0.6 is 0 Å². The molecule has 0 aliphatic carbocycles. The molecule has 0 nitrogen and oxygen atoms in total. The van der Waals surface area contributed by atoms with E-state index in [1.807, 2.05) is 10.4 Å². The Morgan fingerprint density at radius 1 is 0.500 bits per heavy atom. The van der Waals surface area contributed by atoms with Gasteiger partial charge in [0, 0.05) is 0 Å². The fourth-order valence-electron chi connectivity index (χ4n) is 4.77. The molecule has 0 aromatic rings. The third kappa shape index (κ3) is 6.51. The minimum Gasteiger partial charge on any atom is -0.0854 e. The van der Waals surface area contributed by atoms with Gasteiger partial charge in [-0.05, 0) is 12.8 Å². The Bertz CT molecular complexity index is 355. The summed E-state index contributed by atoms with van der Waals surface area (Å²) in [4.78, 5) is 0. The van der Waals surface area contributed by atoms with Crippen LogP contribution in [0.5, 0.6) is 0 Å². The van der Waals surface area contributed by atoms with Crippen molar-refractivity contribution in [3.63, 3.8) is 0 Å². The van der Waals surface area contributed by atoms with Gasteiger partial charge in [-0.1, -0.05) is 140 Å². The lowest BCUT2D eigenvalue weighted by Crippen LogP contribution is -2.44. The zero-order valence-electron chi connectivity index (χ0n) is 19.6. The number of hydrogen-bond donors (Lipinski definition) is 0. The Morgan fingerprint density at radius 2 is 0.769 bits per heavy atom. The van der Waals surface area contributed by atoms with Crippen LogP contribution in [0, 0.1) is 0 Å². The molecule has 0 N–H and O–H groups in total. The second-order valence-electron chi connectivity index (χ2n) is 8.20. The van der Waals surface area contributed by atoms with Crippen LogP contribution in [0.15, 0.2) is 22.5 Å². The predicted octanol–water partition coefficient (Wildman–Crippen LogP) is 9.31. The van der Waals surface area contributed by atoms with Gasteiger partial charge in [-0.2, -0.15) is 0 Å². The zero-order valence-corrected chi connectivity index (χ0v) is 21.6. The van der Waals surface area contributed by atoms with Crippen molar-refractivity contribution in [2.75, 3.05) is 0 Å². The summed E-state index contributed by atoms with van der Waals surface area (Å²) >= 11 is 0. The molecule has 0 fully saturated rings. The molecule has 0 aromatic heterocycles. The van der Waals surface area contributed by atoms with Gasteiger partial charge < -0.3 is 0 Å². The fraction of sp³-hybridized carbons (Fsp3) is 0.833. The first-order chi connectivity index (χ1) is 12.5. The molecule has 0 radical (unpaired) electrons. The lowest BCUT2D eigenvalue weighted by atomic mass is 10.2. The van der Waals surface area contributed by atoms with E-state index >= 15 is 0 Å². The average molecular weight is 395 g/mol. The van der Waals surface area contributed by atoms with Crippen molar-refractivity contribution in [1.29, 1.82) is 0 Å². The van der Waals surface area contributed by atoms with E-state index in [0.717, 1.165) is 0 Å². The summed E-state index contributed by atoms with van der Waals surface area (Å²) in [6.07, 6.45) is 13.4. The molecule has 0 rings (SSSR count). The lowest BCUT2D eigenvalue weighted by Gasteiger charge is -2.41. The molecule has 0 bridgehead atoms. The van der Waals surface area contributed by atoms with Gasteiger partial charge >= 0.3 is 0 Å². The standard InChI is InChI=1S/C24H50Si2/c1-9-17-19-21-23(25(11-3,12-4)13-5)24(22-20-18-10-2)26(14-6,15-7)16-8/h21-22H,9-20H2,1-8H3/b23-21-,24-22+. The Kier molecular flexibility index (Phi) is 13.9. The molecule has 0 saturated carbocycles. The minimum atomic E-state index is -1.35. The van der Waals surface area contributed by atoms with Crippen LogP contribution in [-0.4, -0.2) is 16.1 Å². The van der Waals surface area contributed by atoms with Crippen molar-refractivity contribution in [2.45, 2.75) is 130 Å². The second-order valence-corrected chi connectivity index (χ2v) is 18.6. The van der Waals surface area contributed by atoms with E-state index < -0.39 is 16.1 Å². The first kappa shape index (κ1) is 25.9. The van der Waals surface area contributed by atoms with Crippen molar-refractivity contribution >= 4 is 16.1 Å². The molecule has 0 spiro atoms. The van der Waals surface area contributed by atoms with E-state index in [1.54, 1.807) is 0 Å². The maximum absolute atomic E-state index is 2.76. The van der Waals surface area contributed by atoms with E-state index in [2.05, 4.69) is 67.5 Å². The first-order valence-electron chi connectivity index (χ1n) is 11.9. The van der Waals surface area contributed by atoms with Gasteiger partial charge in [-0.3, -0.25) is 0 Å². The summed E-state index contributed by atoms with van der Waals surface area (Å²) in [7, 11) is -2.70. The lowest BCUT2D eigenvalue weighted by molar-refractivity contribution is 0.809. The Labute approximate surface area is 169 Å². The number of allylic oxidation sites excluding steroid dienone is 4. The summed E-state index contributed by atoms with van der Waals surface area (Å²) in [5, 5.41) is 3.85. The summed E-state index contributed by atoms with van der Waals surface area (Å²) in [5.41, 5.74) is 0. The van der Waals surface area contributed by atoms with Crippen molar-refractivity contribution in [1.82, 2.24) is 0 Å². The summed E-state index contributed by atoms with van der Waals surface area (Å²) in [6.45, 7) is 19.6. The van der Waals surface area contributed by atoms with Gasteiger partial charge in [0.2, 0.25) is 0 Å². The Morgan fingerprint density at radius 3 is 0.962 bits per heavy atom. The molecular weight excluding hydrogens is 344 g/mol. The van der Waals surface area contributed by atoms with Gasteiger partial charge in [0.05, 0.1) is 16.1 Å². The van der Waals surface area contributed by atoms with Crippen molar-refractivity contribution in [3.05, 3.63) is 22.5 Å². The quantitative estimate of drug-likeness (QED) is 0.147. The first-order valence-corrected chi connectivity index (χ1v) is 17.2. The van der Waals surface area contributed by atoms with E-state index in [0.29, 0.717) is 0 Å². The number of unbranched alkanes of at least 4 members (excludes halogenated alkanes) is 4. The van der Waals surface area contributed by atoms with Gasteiger partial charge in [0.25, 0.3) is 0 Å². The van der Waals surface area contributed by atoms with Crippen LogP contribution in [0.1, 0.15) is 93.9 Å². The van der Waals surface area contributed by atoms with E-state index in [-0.39, 0.29) is 0 Å². The highest BCUT2D eigenvalue weighted by molar-refractivity contribution is 6.95. The van der Waals surface area contributed by atoms with E-state index in [9.17, 15) is 0 Å². The largest absolute Gasteiger partial charge is 0.0854 e. The highest BCUT2D eigenvalue weighted by atomic mass is 28.3. The highest BCUT2D eigenvalue weighted by Crippen LogP contribution is 2.41. The van der Waals surface area contributed by atoms with E-state index in [4.69, 9.17) is 0 Å². The summed E-state index contributed by atoms with van der Waals surface area (Å²) in [5.74, 6) is 0. The molecule has 0 amide bonds. The summed E-state index contributed by atoms with van der Waals surface area (Å²) < 4.78 is 0. The van der Waals surface area contributed by atoms with Crippen LogP contribution in [0.2, 0.25) is 36.3 Å². The number of hydrogen-bond acceptors (Lipinski definition) is 0. The van der Waals surface area contributed by atoms with Crippen LogP contribution in [0.4, 0.5) is 0 Å². The molecular formula is C24H50Si2. The van der Waals surface area contributed by atoms with Crippen LogP contribution < -0.4 is 0 Å². The molecule has 0 aromatic carbocycles. The predicted molar refractivity (Wildman–Crippen MR) is 130 cm³/mol. The topological polar surface area (TPSA) is 0 Å². The third-order valence-corrected chi connectivity index (χ3v) is 18.9. The van der Waals surface area contributed by atoms with Gasteiger partial charge in [0.1, 0.15) is 0 Å². The SMILES string of the molecule is CCCC/C=C(/C(=C\CCCC)[Si](CC)(CC)CC)[Si](CC)(CC)CC. The smallest absolute Gasteiger partial charge is 0.0853 e. The van der Waals surface area contributed by atoms with Gasteiger partial charge in [-0.15, -0.1) is 0 Å². The monoisotopic (exact) mass is 394 g/mol. The van der Waals surface area contributed by atoms with Gasteiger partial charge in [0.15, 0.2) is 0 Å². The highest BCUT2D eigenvalue weighted by Gasteiger charge is 2.40. The molecule has 154 valence electrons. The van der Waals surface area contributed by atoms with Crippen molar-refractivity contribution < 1.29 is 0 Å². The summed E-state index contributed by atoms with van der Waals surface area (Å²) in [6, 6.07) is 8.53. The maximum atomic E-state index is 2.76. The van der Waals surface area contributed by atoms with Crippen LogP contribution in [-0.2, 0) is 0 Å². The van der Waals surface area contributed by atoms with Gasteiger partial charge in [-0.25, -0.2) is 0 Å². The normalized spacial score (nSPS) is 14.2. The molecule has 0 heterocycles. The average Bonchev–Trinajstić information content (AvgIpc) is 2.69. The van der Waals surface area contributed by atoms with Crippen LogP contribution in [0.3, 0.4) is 0 Å². The third-order valence-electron chi connectivity index (χ3n) is 7.31. The maximum Gasteiger partial charge on any atom is 0.0853 e. The van der Waals surface area contributed by atoms with Crippen LogP contribution in [0.25, 0.3) is 0 Å². The second kappa shape index (κ2) is 14.0. The molecule has 0 unspecified atom stereocenters.